The number of aryl methyl sites for hydroxylation is 2. The van der Waals surface area contributed by atoms with Crippen molar-refractivity contribution in [3.8, 4) is 0 Å². The summed E-state index contributed by atoms with van der Waals surface area (Å²) in [5, 5.41) is 3.33. The van der Waals surface area contributed by atoms with Crippen LogP contribution in [0.2, 0.25) is 0 Å². The monoisotopic (exact) mass is 275 g/mol. The lowest BCUT2D eigenvalue weighted by Crippen LogP contribution is -2.04. The third kappa shape index (κ3) is 3.93. The summed E-state index contributed by atoms with van der Waals surface area (Å²) in [6.45, 7) is 4.76. The van der Waals surface area contributed by atoms with Crippen LogP contribution in [0.3, 0.4) is 0 Å². The number of hydrogen-bond acceptors (Lipinski definition) is 3. The molecule has 100 valence electrons. The van der Waals surface area contributed by atoms with Crippen LogP contribution < -0.4 is 5.32 Å². The van der Waals surface area contributed by atoms with E-state index >= 15 is 0 Å². The molecule has 0 bridgehead atoms. The highest BCUT2D eigenvalue weighted by molar-refractivity contribution is 6.17. The molecule has 2 rings (SSSR count). The number of nitrogens with one attached hydrogen (secondary N) is 1. The molecule has 0 fully saturated rings. The highest BCUT2D eigenvalue weighted by Gasteiger charge is 2.00. The molecule has 1 N–H and O–H groups in total. The van der Waals surface area contributed by atoms with E-state index < -0.39 is 0 Å². The molecule has 0 aliphatic heterocycles. The average molecular weight is 276 g/mol. The summed E-state index contributed by atoms with van der Waals surface area (Å²) in [4.78, 5) is 8.75. The second kappa shape index (κ2) is 6.53. The van der Waals surface area contributed by atoms with Gasteiger partial charge in [0.05, 0.1) is 0 Å². The van der Waals surface area contributed by atoms with Crippen LogP contribution in [0.4, 0.5) is 5.82 Å². The van der Waals surface area contributed by atoms with Gasteiger partial charge in [0.25, 0.3) is 0 Å². The van der Waals surface area contributed by atoms with Crippen LogP contribution >= 0.6 is 11.6 Å². The van der Waals surface area contributed by atoms with Crippen LogP contribution in [0, 0.1) is 6.92 Å². The molecule has 1 heterocycles. The van der Waals surface area contributed by atoms with E-state index in [1.807, 2.05) is 25.1 Å². The topological polar surface area (TPSA) is 37.8 Å². The summed E-state index contributed by atoms with van der Waals surface area (Å²) in [5.74, 6) is 2.24. The molecule has 4 heteroatoms. The number of halogens is 1. The standard InChI is InChI=1S/C15H18ClN3/c1-3-14-8-15(19-11(2)18-14)17-10-13-6-4-12(9-16)5-7-13/h4-8H,3,9-10H2,1-2H3,(H,17,18,19). The van der Waals surface area contributed by atoms with Crippen molar-refractivity contribution < 1.29 is 0 Å². The first kappa shape index (κ1) is 13.8. The van der Waals surface area contributed by atoms with Crippen LogP contribution in [0.25, 0.3) is 0 Å². The lowest BCUT2D eigenvalue weighted by atomic mass is 10.1. The lowest BCUT2D eigenvalue weighted by Gasteiger charge is -2.08. The summed E-state index contributed by atoms with van der Waals surface area (Å²) in [6.07, 6.45) is 0.919. The van der Waals surface area contributed by atoms with Crippen molar-refractivity contribution >= 4 is 17.4 Å². The quantitative estimate of drug-likeness (QED) is 0.846. The van der Waals surface area contributed by atoms with E-state index in [4.69, 9.17) is 11.6 Å². The Morgan fingerprint density at radius 2 is 1.79 bits per heavy atom. The molecule has 19 heavy (non-hydrogen) atoms. The fourth-order valence-corrected chi connectivity index (χ4v) is 2.02. The largest absolute Gasteiger partial charge is 0.366 e. The van der Waals surface area contributed by atoms with E-state index in [2.05, 4.69) is 34.3 Å². The smallest absolute Gasteiger partial charge is 0.130 e. The predicted molar refractivity (Wildman–Crippen MR) is 79.5 cm³/mol. The molecule has 0 saturated heterocycles. The first-order valence-corrected chi connectivity index (χ1v) is 6.97. The van der Waals surface area contributed by atoms with Gasteiger partial charge in [0.15, 0.2) is 0 Å². The Labute approximate surface area is 119 Å². The number of aromatic nitrogens is 2. The van der Waals surface area contributed by atoms with Crippen LogP contribution in [0.5, 0.6) is 0 Å². The van der Waals surface area contributed by atoms with Crippen molar-refractivity contribution in [2.45, 2.75) is 32.7 Å². The van der Waals surface area contributed by atoms with Gasteiger partial charge in [-0.2, -0.15) is 0 Å². The van der Waals surface area contributed by atoms with E-state index in [9.17, 15) is 0 Å². The maximum atomic E-state index is 5.77. The molecule has 0 atom stereocenters. The van der Waals surface area contributed by atoms with Gasteiger partial charge < -0.3 is 5.32 Å². The predicted octanol–water partition coefficient (Wildman–Crippen LogP) is 3.70. The van der Waals surface area contributed by atoms with Gasteiger partial charge in [-0.05, 0) is 24.5 Å². The molecule has 2 aromatic rings. The number of anilines is 1. The van der Waals surface area contributed by atoms with Crippen molar-refractivity contribution in [1.29, 1.82) is 0 Å². The van der Waals surface area contributed by atoms with Gasteiger partial charge in [-0.25, -0.2) is 9.97 Å². The van der Waals surface area contributed by atoms with Gasteiger partial charge in [-0.15, -0.1) is 11.6 Å². The summed E-state index contributed by atoms with van der Waals surface area (Å²) >= 11 is 5.77. The van der Waals surface area contributed by atoms with Crippen LogP contribution in [-0.2, 0) is 18.8 Å². The lowest BCUT2D eigenvalue weighted by molar-refractivity contribution is 0.941. The van der Waals surface area contributed by atoms with E-state index in [0.29, 0.717) is 5.88 Å². The van der Waals surface area contributed by atoms with Gasteiger partial charge in [0.1, 0.15) is 11.6 Å². The normalized spacial score (nSPS) is 10.5. The van der Waals surface area contributed by atoms with Crippen LogP contribution in [0.1, 0.15) is 29.6 Å². The number of hydrogen-bond donors (Lipinski definition) is 1. The van der Waals surface area contributed by atoms with Crippen molar-refractivity contribution in [2.24, 2.45) is 0 Å². The van der Waals surface area contributed by atoms with Crippen LogP contribution in [0.15, 0.2) is 30.3 Å². The Kier molecular flexibility index (Phi) is 4.74. The van der Waals surface area contributed by atoms with E-state index in [1.54, 1.807) is 0 Å². The summed E-state index contributed by atoms with van der Waals surface area (Å²) < 4.78 is 0. The Morgan fingerprint density at radius 3 is 2.42 bits per heavy atom. The second-order valence-electron chi connectivity index (χ2n) is 4.45. The molecule has 1 aromatic heterocycles. The number of alkyl halides is 1. The third-order valence-corrected chi connectivity index (χ3v) is 3.21. The van der Waals surface area contributed by atoms with Gasteiger partial charge in [-0.1, -0.05) is 31.2 Å². The molecule has 0 unspecified atom stereocenters. The minimum atomic E-state index is 0.554. The zero-order valence-corrected chi connectivity index (χ0v) is 12.0. The molecule has 0 radical (unpaired) electrons. The summed E-state index contributed by atoms with van der Waals surface area (Å²) in [6, 6.07) is 10.3. The minimum Gasteiger partial charge on any atom is -0.366 e. The summed E-state index contributed by atoms with van der Waals surface area (Å²) in [5.41, 5.74) is 3.41. The molecule has 1 aromatic carbocycles. The van der Waals surface area contributed by atoms with Gasteiger partial charge in [0.2, 0.25) is 0 Å². The average Bonchev–Trinajstić information content (AvgIpc) is 2.45. The Hall–Kier alpha value is -1.61. The maximum Gasteiger partial charge on any atom is 0.130 e. The Balaban J connectivity index is 2.03. The van der Waals surface area contributed by atoms with Crippen molar-refractivity contribution in [3.05, 3.63) is 53.0 Å². The van der Waals surface area contributed by atoms with Crippen molar-refractivity contribution in [3.63, 3.8) is 0 Å². The molecule has 0 aliphatic rings. The van der Waals surface area contributed by atoms with Crippen LogP contribution in [-0.4, -0.2) is 9.97 Å². The molecule has 0 saturated carbocycles. The highest BCUT2D eigenvalue weighted by Crippen LogP contribution is 2.11. The van der Waals surface area contributed by atoms with Crippen molar-refractivity contribution in [2.75, 3.05) is 5.32 Å². The highest BCUT2D eigenvalue weighted by atomic mass is 35.5. The van der Waals surface area contributed by atoms with E-state index in [1.165, 1.54) is 5.56 Å². The zero-order chi connectivity index (χ0) is 13.7. The third-order valence-electron chi connectivity index (χ3n) is 2.90. The zero-order valence-electron chi connectivity index (χ0n) is 11.3. The molecular weight excluding hydrogens is 258 g/mol. The van der Waals surface area contributed by atoms with Crippen molar-refractivity contribution in [1.82, 2.24) is 9.97 Å². The summed E-state index contributed by atoms with van der Waals surface area (Å²) in [7, 11) is 0. The first-order chi connectivity index (χ1) is 9.21. The number of nitrogens with zero attached hydrogens (tertiary/aromatic N) is 2. The number of rotatable bonds is 5. The maximum absolute atomic E-state index is 5.77. The number of benzene rings is 1. The first-order valence-electron chi connectivity index (χ1n) is 6.43. The Morgan fingerprint density at radius 1 is 1.11 bits per heavy atom. The van der Waals surface area contributed by atoms with Gasteiger partial charge in [-0.3, -0.25) is 0 Å². The van der Waals surface area contributed by atoms with E-state index in [-0.39, 0.29) is 0 Å². The van der Waals surface area contributed by atoms with Gasteiger partial charge in [0, 0.05) is 24.2 Å². The minimum absolute atomic E-state index is 0.554. The molecule has 0 spiro atoms. The molecular formula is C15H18ClN3. The SMILES string of the molecule is CCc1cc(NCc2ccc(CCl)cc2)nc(C)n1. The molecule has 3 nitrogen and oxygen atoms in total. The van der Waals surface area contributed by atoms with Gasteiger partial charge >= 0.3 is 0 Å². The molecule has 0 aliphatic carbocycles. The molecule has 0 amide bonds. The van der Waals surface area contributed by atoms with E-state index in [0.717, 1.165) is 35.9 Å². The Bertz CT molecular complexity index is 538. The fourth-order valence-electron chi connectivity index (χ4n) is 1.84. The second-order valence-corrected chi connectivity index (χ2v) is 4.72. The fraction of sp³-hybridized carbons (Fsp3) is 0.333.